The Morgan fingerprint density at radius 1 is 1.05 bits per heavy atom. The van der Waals surface area contributed by atoms with Gasteiger partial charge in [0.15, 0.2) is 0 Å². The minimum Gasteiger partial charge on any atom is -0.392 e. The van der Waals surface area contributed by atoms with E-state index < -0.39 is 0 Å². The fraction of sp³-hybridized carbons (Fsp3) is 0.118. The molecule has 1 aromatic heterocycles. The molecule has 3 rings (SSSR count). The van der Waals surface area contributed by atoms with Gasteiger partial charge in [-0.05, 0) is 36.8 Å². The third kappa shape index (κ3) is 2.40. The van der Waals surface area contributed by atoms with Crippen LogP contribution in [0.5, 0.6) is 0 Å². The number of pyridine rings is 1. The van der Waals surface area contributed by atoms with Gasteiger partial charge in [-0.25, -0.2) is 4.98 Å². The largest absolute Gasteiger partial charge is 0.392 e. The average molecular weight is 284 g/mol. The Kier molecular flexibility index (Phi) is 3.43. The molecule has 0 amide bonds. The summed E-state index contributed by atoms with van der Waals surface area (Å²) in [6.07, 6.45) is 0. The molecular formula is C17H14ClNO. The van der Waals surface area contributed by atoms with Crippen molar-refractivity contribution in [2.24, 2.45) is 0 Å². The van der Waals surface area contributed by atoms with Crippen LogP contribution in [0.1, 0.15) is 11.1 Å². The van der Waals surface area contributed by atoms with Gasteiger partial charge in [-0.3, -0.25) is 0 Å². The van der Waals surface area contributed by atoms with Crippen LogP contribution in [0, 0.1) is 6.92 Å². The average Bonchev–Trinajstić information content (AvgIpc) is 2.47. The maximum Gasteiger partial charge on any atom is 0.0714 e. The highest BCUT2D eigenvalue weighted by molar-refractivity contribution is 6.31. The van der Waals surface area contributed by atoms with E-state index in [2.05, 4.69) is 24.0 Å². The van der Waals surface area contributed by atoms with E-state index in [1.165, 1.54) is 5.56 Å². The highest BCUT2D eigenvalue weighted by atomic mass is 35.5. The van der Waals surface area contributed by atoms with Crippen LogP contribution in [-0.4, -0.2) is 10.1 Å². The molecule has 100 valence electrons. The van der Waals surface area contributed by atoms with Crippen molar-refractivity contribution in [1.82, 2.24) is 4.98 Å². The van der Waals surface area contributed by atoms with Gasteiger partial charge in [0.25, 0.3) is 0 Å². The van der Waals surface area contributed by atoms with E-state index in [0.717, 1.165) is 27.7 Å². The lowest BCUT2D eigenvalue weighted by molar-refractivity contribution is 0.283. The highest BCUT2D eigenvalue weighted by Crippen LogP contribution is 2.27. The van der Waals surface area contributed by atoms with E-state index >= 15 is 0 Å². The molecule has 0 saturated carbocycles. The first-order valence-electron chi connectivity index (χ1n) is 6.44. The lowest BCUT2D eigenvalue weighted by atomic mass is 10.0. The summed E-state index contributed by atoms with van der Waals surface area (Å²) in [7, 11) is 0. The van der Waals surface area contributed by atoms with Gasteiger partial charge in [0.1, 0.15) is 0 Å². The molecule has 0 aliphatic heterocycles. The monoisotopic (exact) mass is 283 g/mol. The van der Waals surface area contributed by atoms with Crippen LogP contribution in [-0.2, 0) is 6.61 Å². The zero-order valence-corrected chi connectivity index (χ0v) is 11.9. The van der Waals surface area contributed by atoms with Gasteiger partial charge in [-0.1, -0.05) is 41.4 Å². The number of aryl methyl sites for hydroxylation is 1. The van der Waals surface area contributed by atoms with Crippen molar-refractivity contribution in [2.45, 2.75) is 13.5 Å². The molecule has 3 heteroatoms. The molecule has 0 bridgehead atoms. The quantitative estimate of drug-likeness (QED) is 0.758. The molecule has 0 atom stereocenters. The summed E-state index contributed by atoms with van der Waals surface area (Å²) in [5.41, 5.74) is 4.80. The first-order chi connectivity index (χ1) is 9.67. The minimum absolute atomic E-state index is 0.0295. The fourth-order valence-electron chi connectivity index (χ4n) is 2.27. The molecular weight excluding hydrogens is 270 g/mol. The summed E-state index contributed by atoms with van der Waals surface area (Å²) in [5.74, 6) is 0. The summed E-state index contributed by atoms with van der Waals surface area (Å²) in [6, 6.07) is 15.7. The van der Waals surface area contributed by atoms with Crippen LogP contribution in [0.4, 0.5) is 0 Å². The lowest BCUT2D eigenvalue weighted by Gasteiger charge is -2.08. The van der Waals surface area contributed by atoms with Gasteiger partial charge in [0, 0.05) is 16.0 Å². The first-order valence-corrected chi connectivity index (χ1v) is 6.82. The van der Waals surface area contributed by atoms with E-state index in [1.807, 2.05) is 36.4 Å². The number of nitrogens with zero attached hydrogens (tertiary/aromatic N) is 1. The summed E-state index contributed by atoms with van der Waals surface area (Å²) in [6.45, 7) is 2.02. The zero-order chi connectivity index (χ0) is 14.1. The van der Waals surface area contributed by atoms with Crippen molar-refractivity contribution in [2.75, 3.05) is 0 Å². The molecule has 3 aromatic rings. The third-order valence-corrected chi connectivity index (χ3v) is 3.61. The first kappa shape index (κ1) is 13.1. The molecule has 1 heterocycles. The summed E-state index contributed by atoms with van der Waals surface area (Å²) < 4.78 is 0. The number of halogens is 1. The minimum atomic E-state index is -0.0295. The molecule has 0 aliphatic rings. The van der Waals surface area contributed by atoms with Crippen LogP contribution in [0.15, 0.2) is 48.5 Å². The van der Waals surface area contributed by atoms with Gasteiger partial charge in [-0.2, -0.15) is 0 Å². The van der Waals surface area contributed by atoms with E-state index in [-0.39, 0.29) is 6.61 Å². The Bertz CT molecular complexity index is 766. The number of hydrogen-bond acceptors (Lipinski definition) is 2. The molecule has 0 unspecified atom stereocenters. The summed E-state index contributed by atoms with van der Waals surface area (Å²) in [5, 5.41) is 11.1. The third-order valence-electron chi connectivity index (χ3n) is 3.37. The number of benzene rings is 2. The second-order valence-corrected chi connectivity index (χ2v) is 5.29. The molecule has 0 aliphatic carbocycles. The van der Waals surface area contributed by atoms with Gasteiger partial charge in [-0.15, -0.1) is 0 Å². The molecule has 0 spiro atoms. The summed E-state index contributed by atoms with van der Waals surface area (Å²) in [4.78, 5) is 4.66. The Morgan fingerprint density at radius 3 is 2.50 bits per heavy atom. The number of aliphatic hydroxyl groups excluding tert-OH is 1. The molecule has 0 fully saturated rings. The maximum atomic E-state index is 9.57. The Labute approximate surface area is 122 Å². The van der Waals surface area contributed by atoms with Crippen LogP contribution >= 0.6 is 11.6 Å². The van der Waals surface area contributed by atoms with Crippen molar-refractivity contribution >= 4 is 22.5 Å². The molecule has 0 saturated heterocycles. The molecule has 2 nitrogen and oxygen atoms in total. The van der Waals surface area contributed by atoms with Crippen molar-refractivity contribution in [3.05, 3.63) is 64.7 Å². The molecule has 0 radical (unpaired) electrons. The second-order valence-electron chi connectivity index (χ2n) is 4.85. The Balaban J connectivity index is 2.22. The van der Waals surface area contributed by atoms with Crippen molar-refractivity contribution in [3.63, 3.8) is 0 Å². The Hall–Kier alpha value is -1.90. The second kappa shape index (κ2) is 5.23. The van der Waals surface area contributed by atoms with Crippen LogP contribution < -0.4 is 0 Å². The van der Waals surface area contributed by atoms with Crippen LogP contribution in [0.2, 0.25) is 5.02 Å². The van der Waals surface area contributed by atoms with Crippen LogP contribution in [0.25, 0.3) is 22.2 Å². The Morgan fingerprint density at radius 2 is 1.80 bits per heavy atom. The van der Waals surface area contributed by atoms with Crippen molar-refractivity contribution < 1.29 is 5.11 Å². The maximum absolute atomic E-state index is 9.57. The number of aromatic nitrogens is 1. The van der Waals surface area contributed by atoms with Gasteiger partial charge >= 0.3 is 0 Å². The number of hydrogen-bond donors (Lipinski definition) is 1. The van der Waals surface area contributed by atoms with Crippen molar-refractivity contribution in [1.29, 1.82) is 0 Å². The molecule has 20 heavy (non-hydrogen) atoms. The zero-order valence-electron chi connectivity index (χ0n) is 11.1. The van der Waals surface area contributed by atoms with E-state index in [9.17, 15) is 5.11 Å². The van der Waals surface area contributed by atoms with Gasteiger partial charge < -0.3 is 5.11 Å². The van der Waals surface area contributed by atoms with Crippen molar-refractivity contribution in [3.8, 4) is 11.3 Å². The predicted octanol–water partition coefficient (Wildman–Crippen LogP) is 4.36. The van der Waals surface area contributed by atoms with E-state index in [1.54, 1.807) is 0 Å². The van der Waals surface area contributed by atoms with E-state index in [0.29, 0.717) is 5.02 Å². The van der Waals surface area contributed by atoms with Crippen LogP contribution in [0.3, 0.4) is 0 Å². The number of rotatable bonds is 2. The molecule has 2 aromatic carbocycles. The number of fused-ring (bicyclic) bond motifs is 1. The van der Waals surface area contributed by atoms with Gasteiger partial charge in [0.05, 0.1) is 17.8 Å². The lowest BCUT2D eigenvalue weighted by Crippen LogP contribution is -1.92. The van der Waals surface area contributed by atoms with Gasteiger partial charge in [0.2, 0.25) is 0 Å². The smallest absolute Gasteiger partial charge is 0.0714 e. The topological polar surface area (TPSA) is 33.1 Å². The summed E-state index contributed by atoms with van der Waals surface area (Å²) >= 11 is 6.01. The SMILES string of the molecule is Cc1ccc(-c2cc(CO)c3cc(Cl)ccc3n2)cc1. The standard InChI is InChI=1S/C17H14ClNO/c1-11-2-4-12(5-3-11)17-8-13(10-20)15-9-14(18)6-7-16(15)19-17/h2-9,20H,10H2,1H3. The highest BCUT2D eigenvalue weighted by Gasteiger charge is 2.07. The molecule has 1 N–H and O–H groups in total. The predicted molar refractivity (Wildman–Crippen MR) is 82.8 cm³/mol. The fourth-order valence-corrected chi connectivity index (χ4v) is 2.44. The normalized spacial score (nSPS) is 10.9. The van der Waals surface area contributed by atoms with E-state index in [4.69, 9.17) is 11.6 Å². The number of aliphatic hydroxyl groups is 1.